The Balaban J connectivity index is 1.37. The van der Waals surface area contributed by atoms with Gasteiger partial charge in [-0.25, -0.2) is 4.90 Å². The fourth-order valence-electron chi connectivity index (χ4n) is 5.52. The molecule has 0 radical (unpaired) electrons. The van der Waals surface area contributed by atoms with Gasteiger partial charge in [0.05, 0.1) is 34.2 Å². The number of ether oxygens (including phenoxy) is 1. The molecular formula is C30H21F3N4O7S2. The average Bonchev–Trinajstić information content (AvgIpc) is 3.47. The van der Waals surface area contributed by atoms with E-state index in [1.165, 1.54) is 37.4 Å². The van der Waals surface area contributed by atoms with Crippen LogP contribution in [0.5, 0.6) is 5.75 Å². The van der Waals surface area contributed by atoms with Gasteiger partial charge < -0.3 is 10.1 Å². The summed E-state index contributed by atoms with van der Waals surface area (Å²) >= 11 is 1.76. The van der Waals surface area contributed by atoms with E-state index < -0.39 is 62.9 Å². The lowest BCUT2D eigenvalue weighted by molar-refractivity contribution is -0.384. The Morgan fingerprint density at radius 3 is 2.35 bits per heavy atom. The van der Waals surface area contributed by atoms with Crippen LogP contribution in [0.25, 0.3) is 0 Å². The number of carbonyl (C=O) groups is 3. The first-order valence-corrected chi connectivity index (χ1v) is 15.2. The Morgan fingerprint density at radius 2 is 1.72 bits per heavy atom. The Labute approximate surface area is 265 Å². The van der Waals surface area contributed by atoms with Crippen LogP contribution in [0.2, 0.25) is 0 Å². The smallest absolute Gasteiger partial charge is 0.416 e. The summed E-state index contributed by atoms with van der Waals surface area (Å²) in [5.41, 5.74) is -0.547. The monoisotopic (exact) mass is 670 g/mol. The van der Waals surface area contributed by atoms with Crippen molar-refractivity contribution >= 4 is 57.9 Å². The number of hydrogen-bond donors (Lipinski definition) is 1. The lowest BCUT2D eigenvalue weighted by Gasteiger charge is -2.30. The highest BCUT2D eigenvalue weighted by Gasteiger charge is 2.57. The molecule has 3 unspecified atom stereocenters. The molecule has 0 saturated carbocycles. The number of amides is 3. The second kappa shape index (κ2) is 11.8. The van der Waals surface area contributed by atoms with Crippen LogP contribution < -0.4 is 19.8 Å². The van der Waals surface area contributed by atoms with Crippen molar-refractivity contribution in [2.45, 2.75) is 28.9 Å². The minimum absolute atomic E-state index is 0.115. The highest BCUT2D eigenvalue weighted by Crippen LogP contribution is 2.54. The number of nitrogens with one attached hydrogen (secondary N) is 1. The number of nitro groups is 1. The summed E-state index contributed by atoms with van der Waals surface area (Å²) in [7, 11) is 1.48. The summed E-state index contributed by atoms with van der Waals surface area (Å²) < 4.78 is 45.9. The van der Waals surface area contributed by atoms with Crippen molar-refractivity contribution in [1.82, 2.24) is 4.57 Å². The number of nitrogens with zero attached hydrogens (tertiary/aromatic N) is 3. The van der Waals surface area contributed by atoms with Crippen LogP contribution in [0.3, 0.4) is 0 Å². The lowest BCUT2D eigenvalue weighted by Crippen LogP contribution is -2.33. The zero-order chi connectivity index (χ0) is 32.9. The standard InChI is InChI=1S/C30H21F3N4O7S2/c1-44-20-11-5-15(6-12-20)22-23-24(27(40)36(26(23)39)18-7-9-19(10-8-18)37(42)43)45-28-25(22)46-29(41)35(28)14-21(38)34-17-4-2-3-16(13-17)30(31,32)33/h2-13,22-24H,14H2,1H3,(H,34,38). The van der Waals surface area contributed by atoms with E-state index in [-0.39, 0.29) is 22.1 Å². The molecule has 4 aromatic rings. The largest absolute Gasteiger partial charge is 0.497 e. The van der Waals surface area contributed by atoms with Gasteiger partial charge in [-0.05, 0) is 48.0 Å². The number of benzene rings is 3. The predicted octanol–water partition coefficient (Wildman–Crippen LogP) is 5.28. The van der Waals surface area contributed by atoms with E-state index in [0.717, 1.165) is 50.8 Å². The van der Waals surface area contributed by atoms with Gasteiger partial charge in [0.25, 0.3) is 5.69 Å². The Kier molecular flexibility index (Phi) is 7.93. The van der Waals surface area contributed by atoms with Crippen LogP contribution in [-0.4, -0.2) is 39.6 Å². The van der Waals surface area contributed by atoms with Crippen molar-refractivity contribution in [1.29, 1.82) is 0 Å². The molecular weight excluding hydrogens is 649 g/mol. The maximum Gasteiger partial charge on any atom is 0.416 e. The summed E-state index contributed by atoms with van der Waals surface area (Å²) in [6, 6.07) is 15.8. The molecule has 1 N–H and O–H groups in total. The van der Waals surface area contributed by atoms with Crippen molar-refractivity contribution in [2.75, 3.05) is 17.3 Å². The number of rotatable bonds is 7. The summed E-state index contributed by atoms with van der Waals surface area (Å²) in [6.07, 6.45) is -4.62. The average molecular weight is 671 g/mol. The van der Waals surface area contributed by atoms with Crippen LogP contribution in [0.15, 0.2) is 82.6 Å². The van der Waals surface area contributed by atoms with Gasteiger partial charge in [-0.1, -0.05) is 41.3 Å². The van der Waals surface area contributed by atoms with Gasteiger partial charge in [-0.3, -0.25) is 33.9 Å². The fourth-order valence-corrected chi connectivity index (χ4v) is 8.29. The molecule has 236 valence electrons. The predicted molar refractivity (Wildman–Crippen MR) is 162 cm³/mol. The number of alkyl halides is 3. The number of imide groups is 1. The first-order valence-electron chi connectivity index (χ1n) is 13.5. The lowest BCUT2D eigenvalue weighted by atomic mass is 9.83. The molecule has 3 amide bonds. The summed E-state index contributed by atoms with van der Waals surface area (Å²) in [6.45, 7) is -0.561. The normalized spacial score (nSPS) is 19.0. The Bertz CT molecular complexity index is 1940. The second-order valence-corrected chi connectivity index (χ2v) is 12.5. The van der Waals surface area contributed by atoms with E-state index in [2.05, 4.69) is 5.32 Å². The minimum atomic E-state index is -4.62. The molecule has 46 heavy (non-hydrogen) atoms. The maximum absolute atomic E-state index is 14.0. The highest BCUT2D eigenvalue weighted by molar-refractivity contribution is 8.00. The highest BCUT2D eigenvalue weighted by atomic mass is 32.2. The minimum Gasteiger partial charge on any atom is -0.497 e. The summed E-state index contributed by atoms with van der Waals surface area (Å²) in [5, 5.41) is 12.8. The van der Waals surface area contributed by atoms with Crippen molar-refractivity contribution in [3.05, 3.63) is 109 Å². The van der Waals surface area contributed by atoms with E-state index >= 15 is 0 Å². The number of aromatic nitrogens is 1. The van der Waals surface area contributed by atoms with Gasteiger partial charge in [0.2, 0.25) is 17.7 Å². The number of hydrogen-bond acceptors (Lipinski definition) is 9. The third kappa shape index (κ3) is 5.53. The molecule has 3 heterocycles. The van der Waals surface area contributed by atoms with Crippen LogP contribution >= 0.6 is 23.1 Å². The van der Waals surface area contributed by atoms with Crippen LogP contribution in [0.4, 0.5) is 30.2 Å². The number of thiazole rings is 1. The number of nitro benzene ring substituents is 1. The number of thioether (sulfide) groups is 1. The van der Waals surface area contributed by atoms with Gasteiger partial charge in [0.1, 0.15) is 17.5 Å². The van der Waals surface area contributed by atoms with Gasteiger partial charge in [-0.2, -0.15) is 13.2 Å². The summed E-state index contributed by atoms with van der Waals surface area (Å²) in [4.78, 5) is 65.5. The van der Waals surface area contributed by atoms with E-state index in [0.29, 0.717) is 16.2 Å². The number of carbonyl (C=O) groups excluding carboxylic acids is 3. The van der Waals surface area contributed by atoms with Crippen molar-refractivity contribution < 1.29 is 37.2 Å². The van der Waals surface area contributed by atoms with E-state index in [4.69, 9.17) is 4.74 Å². The first-order chi connectivity index (χ1) is 21.9. The molecule has 0 spiro atoms. The number of methoxy groups -OCH3 is 1. The van der Waals surface area contributed by atoms with Gasteiger partial charge >= 0.3 is 11.0 Å². The summed E-state index contributed by atoms with van der Waals surface area (Å²) in [5.74, 6) is -3.14. The second-order valence-electron chi connectivity index (χ2n) is 10.4. The van der Waals surface area contributed by atoms with Crippen LogP contribution in [0.1, 0.15) is 21.9 Å². The SMILES string of the molecule is COc1ccc(C2c3sc(=O)n(CC(=O)Nc4cccc(C(F)(F)F)c4)c3SC3C(=O)N(c4ccc([N+](=O)[O-])cc4)C(=O)C32)cc1. The van der Waals surface area contributed by atoms with Crippen LogP contribution in [0, 0.1) is 16.0 Å². The van der Waals surface area contributed by atoms with Crippen molar-refractivity contribution in [3.8, 4) is 5.75 Å². The number of fused-ring (bicyclic) bond motifs is 2. The van der Waals surface area contributed by atoms with Crippen molar-refractivity contribution in [3.63, 3.8) is 0 Å². The molecule has 1 aromatic heterocycles. The third-order valence-electron chi connectivity index (χ3n) is 7.62. The zero-order valence-electron chi connectivity index (χ0n) is 23.5. The van der Waals surface area contributed by atoms with Crippen molar-refractivity contribution in [2.24, 2.45) is 5.92 Å². The molecule has 2 aliphatic heterocycles. The number of anilines is 2. The molecule has 0 aliphatic carbocycles. The maximum atomic E-state index is 14.0. The Morgan fingerprint density at radius 1 is 1.02 bits per heavy atom. The third-order valence-corrected chi connectivity index (χ3v) is 10.2. The number of non-ortho nitro benzene ring substituents is 1. The molecule has 1 fully saturated rings. The molecule has 0 bridgehead atoms. The quantitative estimate of drug-likeness (QED) is 0.159. The van der Waals surface area contributed by atoms with Gasteiger partial charge in [0.15, 0.2) is 0 Å². The molecule has 6 rings (SSSR count). The van der Waals surface area contributed by atoms with E-state index in [1.54, 1.807) is 24.3 Å². The molecule has 3 atom stereocenters. The zero-order valence-corrected chi connectivity index (χ0v) is 25.2. The molecule has 3 aromatic carbocycles. The van der Waals surface area contributed by atoms with Crippen LogP contribution in [-0.2, 0) is 27.1 Å². The van der Waals surface area contributed by atoms with Gasteiger partial charge in [-0.15, -0.1) is 0 Å². The number of halogens is 3. The fraction of sp³-hybridized carbons (Fsp3) is 0.200. The molecule has 2 aliphatic rings. The molecule has 11 nitrogen and oxygen atoms in total. The van der Waals surface area contributed by atoms with Gasteiger partial charge in [0, 0.05) is 28.6 Å². The Hall–Kier alpha value is -4.96. The molecule has 16 heteroatoms. The topological polar surface area (TPSA) is 141 Å². The van der Waals surface area contributed by atoms with E-state index in [9.17, 15) is 42.5 Å². The molecule has 1 saturated heterocycles. The van der Waals surface area contributed by atoms with E-state index in [1.807, 2.05) is 0 Å². The first kappa shape index (κ1) is 31.0.